The standard InChI is InChI=1S/C8H9BrN2O/c1-5-4-10-8(9)7(11-5)6(2)12-3/h4H,2H2,1,3H3. The lowest BCUT2D eigenvalue weighted by atomic mass is 10.4. The molecule has 0 saturated heterocycles. The molecule has 1 aromatic rings. The zero-order valence-corrected chi connectivity index (χ0v) is 8.55. The van der Waals surface area contributed by atoms with Crippen LogP contribution in [-0.2, 0) is 4.74 Å². The Bertz CT molecular complexity index is 312. The molecule has 0 aromatic carbocycles. The van der Waals surface area contributed by atoms with Crippen LogP contribution in [0.1, 0.15) is 11.4 Å². The largest absolute Gasteiger partial charge is 0.495 e. The molecule has 4 heteroatoms. The zero-order valence-electron chi connectivity index (χ0n) is 6.97. The van der Waals surface area contributed by atoms with Gasteiger partial charge in [-0.15, -0.1) is 0 Å². The van der Waals surface area contributed by atoms with Crippen molar-refractivity contribution in [3.63, 3.8) is 0 Å². The molecule has 0 atom stereocenters. The number of hydrogen-bond donors (Lipinski definition) is 0. The Kier molecular flexibility index (Phi) is 2.81. The normalized spacial score (nSPS) is 9.58. The van der Waals surface area contributed by atoms with Gasteiger partial charge < -0.3 is 4.74 Å². The number of aryl methyl sites for hydroxylation is 1. The Morgan fingerprint density at radius 3 is 2.92 bits per heavy atom. The molecule has 0 saturated carbocycles. The van der Waals surface area contributed by atoms with E-state index in [0.29, 0.717) is 16.1 Å². The second kappa shape index (κ2) is 3.67. The minimum atomic E-state index is 0.512. The summed E-state index contributed by atoms with van der Waals surface area (Å²) in [5.74, 6) is 0.512. The molecule has 1 aromatic heterocycles. The maximum absolute atomic E-state index is 4.95. The molecule has 0 amide bonds. The van der Waals surface area contributed by atoms with Crippen LogP contribution in [0.3, 0.4) is 0 Å². The highest BCUT2D eigenvalue weighted by Gasteiger charge is 2.06. The van der Waals surface area contributed by atoms with Gasteiger partial charge in [-0.25, -0.2) is 9.97 Å². The summed E-state index contributed by atoms with van der Waals surface area (Å²) in [7, 11) is 1.55. The van der Waals surface area contributed by atoms with Crippen LogP contribution >= 0.6 is 15.9 Å². The van der Waals surface area contributed by atoms with Crippen LogP contribution in [0, 0.1) is 6.92 Å². The fourth-order valence-electron chi connectivity index (χ4n) is 0.737. The molecule has 0 bridgehead atoms. The fraction of sp³-hybridized carbons (Fsp3) is 0.250. The topological polar surface area (TPSA) is 35.0 Å². The molecular formula is C8H9BrN2O. The van der Waals surface area contributed by atoms with Crippen LogP contribution in [0.4, 0.5) is 0 Å². The molecule has 0 unspecified atom stereocenters. The van der Waals surface area contributed by atoms with Crippen LogP contribution in [0.2, 0.25) is 0 Å². The third-order valence-electron chi connectivity index (χ3n) is 1.36. The molecule has 0 aliphatic carbocycles. The van der Waals surface area contributed by atoms with E-state index >= 15 is 0 Å². The Balaban J connectivity index is 3.13. The number of rotatable bonds is 2. The van der Waals surface area contributed by atoms with Crippen LogP contribution in [-0.4, -0.2) is 17.1 Å². The molecule has 0 radical (unpaired) electrons. The highest BCUT2D eigenvalue weighted by Crippen LogP contribution is 2.18. The van der Waals surface area contributed by atoms with Gasteiger partial charge in [0.2, 0.25) is 0 Å². The van der Waals surface area contributed by atoms with Gasteiger partial charge in [0.05, 0.1) is 12.8 Å². The van der Waals surface area contributed by atoms with Gasteiger partial charge in [-0.3, -0.25) is 0 Å². The van der Waals surface area contributed by atoms with Crippen LogP contribution in [0.5, 0.6) is 0 Å². The van der Waals surface area contributed by atoms with Crippen molar-refractivity contribution in [2.45, 2.75) is 6.92 Å². The molecule has 1 heterocycles. The monoisotopic (exact) mass is 228 g/mol. The number of halogens is 1. The molecule has 0 spiro atoms. The van der Waals surface area contributed by atoms with Crippen molar-refractivity contribution in [1.29, 1.82) is 0 Å². The first-order valence-electron chi connectivity index (χ1n) is 3.37. The summed E-state index contributed by atoms with van der Waals surface area (Å²) in [6.45, 7) is 5.56. The highest BCUT2D eigenvalue weighted by molar-refractivity contribution is 9.10. The fourth-order valence-corrected chi connectivity index (χ4v) is 1.15. The Morgan fingerprint density at radius 1 is 1.67 bits per heavy atom. The van der Waals surface area contributed by atoms with Crippen molar-refractivity contribution < 1.29 is 4.74 Å². The molecule has 0 aliphatic rings. The summed E-state index contributed by atoms with van der Waals surface area (Å²) in [5.41, 5.74) is 1.49. The molecule has 0 aliphatic heterocycles. The Hall–Kier alpha value is -0.900. The van der Waals surface area contributed by atoms with Gasteiger partial charge in [0, 0.05) is 6.20 Å². The van der Waals surface area contributed by atoms with Crippen LogP contribution in [0.15, 0.2) is 17.4 Å². The second-order valence-corrected chi connectivity index (χ2v) is 3.03. The maximum Gasteiger partial charge on any atom is 0.140 e. The lowest BCUT2D eigenvalue weighted by Gasteiger charge is -2.05. The molecule has 0 N–H and O–H groups in total. The van der Waals surface area contributed by atoms with E-state index in [2.05, 4.69) is 32.5 Å². The number of ether oxygens (including phenoxy) is 1. The van der Waals surface area contributed by atoms with E-state index in [1.807, 2.05) is 6.92 Å². The maximum atomic E-state index is 4.95. The van der Waals surface area contributed by atoms with E-state index in [1.165, 1.54) is 0 Å². The van der Waals surface area contributed by atoms with E-state index < -0.39 is 0 Å². The average molecular weight is 229 g/mol. The molecule has 0 fully saturated rings. The quantitative estimate of drug-likeness (QED) is 0.729. The summed E-state index contributed by atoms with van der Waals surface area (Å²) < 4.78 is 5.60. The van der Waals surface area contributed by atoms with Crippen molar-refractivity contribution in [1.82, 2.24) is 9.97 Å². The van der Waals surface area contributed by atoms with Crippen molar-refractivity contribution in [3.8, 4) is 0 Å². The predicted octanol–water partition coefficient (Wildman–Crippen LogP) is 2.16. The summed E-state index contributed by atoms with van der Waals surface area (Å²) in [5, 5.41) is 0. The summed E-state index contributed by atoms with van der Waals surface area (Å²) in [6, 6.07) is 0. The Labute approximate surface area is 79.6 Å². The first-order chi connectivity index (χ1) is 5.65. The minimum absolute atomic E-state index is 0.512. The van der Waals surface area contributed by atoms with Crippen molar-refractivity contribution in [2.75, 3.05) is 7.11 Å². The van der Waals surface area contributed by atoms with Gasteiger partial charge in [0.1, 0.15) is 16.1 Å². The van der Waals surface area contributed by atoms with Gasteiger partial charge in [-0.2, -0.15) is 0 Å². The molecule has 64 valence electrons. The number of nitrogens with zero attached hydrogens (tertiary/aromatic N) is 2. The predicted molar refractivity (Wildman–Crippen MR) is 50.5 cm³/mol. The van der Waals surface area contributed by atoms with Crippen molar-refractivity contribution >= 4 is 21.7 Å². The average Bonchev–Trinajstić information content (AvgIpc) is 2.08. The zero-order chi connectivity index (χ0) is 9.14. The van der Waals surface area contributed by atoms with Crippen molar-refractivity contribution in [2.24, 2.45) is 0 Å². The Morgan fingerprint density at radius 2 is 2.33 bits per heavy atom. The lowest BCUT2D eigenvalue weighted by Crippen LogP contribution is -1.96. The van der Waals surface area contributed by atoms with Crippen LogP contribution in [0.25, 0.3) is 5.76 Å². The summed E-state index contributed by atoms with van der Waals surface area (Å²) in [6.07, 6.45) is 1.68. The van der Waals surface area contributed by atoms with Gasteiger partial charge in [-0.1, -0.05) is 6.58 Å². The van der Waals surface area contributed by atoms with Gasteiger partial charge in [0.25, 0.3) is 0 Å². The summed E-state index contributed by atoms with van der Waals surface area (Å²) >= 11 is 3.26. The summed E-state index contributed by atoms with van der Waals surface area (Å²) in [4.78, 5) is 8.27. The number of methoxy groups -OCH3 is 1. The van der Waals surface area contributed by atoms with E-state index in [4.69, 9.17) is 4.74 Å². The lowest BCUT2D eigenvalue weighted by molar-refractivity contribution is 0.369. The molecule has 3 nitrogen and oxygen atoms in total. The number of aromatic nitrogens is 2. The molecule has 12 heavy (non-hydrogen) atoms. The molecular weight excluding hydrogens is 220 g/mol. The molecule has 1 rings (SSSR count). The first kappa shape index (κ1) is 9.19. The van der Waals surface area contributed by atoms with Gasteiger partial charge in [0.15, 0.2) is 0 Å². The minimum Gasteiger partial charge on any atom is -0.495 e. The smallest absolute Gasteiger partial charge is 0.140 e. The number of hydrogen-bond acceptors (Lipinski definition) is 3. The first-order valence-corrected chi connectivity index (χ1v) is 4.17. The van der Waals surface area contributed by atoms with E-state index in [0.717, 1.165) is 5.69 Å². The SMILES string of the molecule is C=C(OC)c1nc(C)cnc1Br. The van der Waals surface area contributed by atoms with E-state index in [9.17, 15) is 0 Å². The highest BCUT2D eigenvalue weighted by atomic mass is 79.9. The van der Waals surface area contributed by atoms with Gasteiger partial charge >= 0.3 is 0 Å². The third-order valence-corrected chi connectivity index (χ3v) is 1.94. The van der Waals surface area contributed by atoms with Gasteiger partial charge in [-0.05, 0) is 22.9 Å². The third kappa shape index (κ3) is 1.82. The van der Waals surface area contributed by atoms with Crippen molar-refractivity contribution in [3.05, 3.63) is 28.8 Å². The van der Waals surface area contributed by atoms with Crippen LogP contribution < -0.4 is 0 Å². The second-order valence-electron chi connectivity index (χ2n) is 2.28. The van der Waals surface area contributed by atoms with E-state index in [-0.39, 0.29) is 0 Å². The van der Waals surface area contributed by atoms with E-state index in [1.54, 1.807) is 13.3 Å².